The van der Waals surface area contributed by atoms with E-state index in [4.69, 9.17) is 5.73 Å². The molecule has 15 heavy (non-hydrogen) atoms. The van der Waals surface area contributed by atoms with Crippen LogP contribution in [-0.2, 0) is 10.0 Å². The van der Waals surface area contributed by atoms with E-state index in [1.165, 1.54) is 0 Å². The van der Waals surface area contributed by atoms with Crippen LogP contribution in [0.3, 0.4) is 0 Å². The second-order valence-corrected chi connectivity index (χ2v) is 5.79. The first-order valence-electron chi connectivity index (χ1n) is 5.30. The Balaban J connectivity index is 3.49. The average Bonchev–Trinajstić information content (AvgIpc) is 2.14. The van der Waals surface area contributed by atoms with Gasteiger partial charge in [0.15, 0.2) is 0 Å². The van der Waals surface area contributed by atoms with Crippen molar-refractivity contribution in [3.8, 4) is 0 Å². The third-order valence-electron chi connectivity index (χ3n) is 1.97. The molecule has 0 aliphatic rings. The van der Waals surface area contributed by atoms with Crippen molar-refractivity contribution in [2.75, 3.05) is 39.5 Å². The first-order valence-corrected chi connectivity index (χ1v) is 6.95. The van der Waals surface area contributed by atoms with Crippen molar-refractivity contribution in [1.29, 1.82) is 0 Å². The van der Waals surface area contributed by atoms with Gasteiger partial charge in [-0.1, -0.05) is 0 Å². The number of nitrogens with one attached hydrogen (secondary N) is 1. The second-order valence-electron chi connectivity index (χ2n) is 3.87. The smallest absolute Gasteiger partial charge is 0.211 e. The van der Waals surface area contributed by atoms with Gasteiger partial charge in [-0.05, 0) is 46.4 Å². The van der Waals surface area contributed by atoms with Crippen LogP contribution in [0.2, 0.25) is 0 Å². The monoisotopic (exact) mass is 237 g/mol. The van der Waals surface area contributed by atoms with E-state index in [1.807, 2.05) is 14.1 Å². The molecule has 0 radical (unpaired) electrons. The van der Waals surface area contributed by atoms with Crippen LogP contribution in [0.5, 0.6) is 0 Å². The van der Waals surface area contributed by atoms with Crippen molar-refractivity contribution in [1.82, 2.24) is 9.62 Å². The summed E-state index contributed by atoms with van der Waals surface area (Å²) in [4.78, 5) is 2.09. The molecule has 0 fully saturated rings. The van der Waals surface area contributed by atoms with Crippen LogP contribution in [0.1, 0.15) is 19.3 Å². The van der Waals surface area contributed by atoms with Crippen LogP contribution in [0.15, 0.2) is 0 Å². The summed E-state index contributed by atoms with van der Waals surface area (Å²) in [5, 5.41) is 0. The molecule has 0 bridgehead atoms. The van der Waals surface area contributed by atoms with Gasteiger partial charge in [0.05, 0.1) is 5.75 Å². The van der Waals surface area contributed by atoms with Crippen molar-refractivity contribution < 1.29 is 8.42 Å². The SMILES string of the molecule is CN(C)CCCCNS(=O)(=O)CCCN. The molecule has 5 nitrogen and oxygen atoms in total. The molecule has 3 N–H and O–H groups in total. The van der Waals surface area contributed by atoms with E-state index in [2.05, 4.69) is 9.62 Å². The van der Waals surface area contributed by atoms with Crippen LogP contribution in [0.25, 0.3) is 0 Å². The topological polar surface area (TPSA) is 75.4 Å². The fraction of sp³-hybridized carbons (Fsp3) is 1.00. The lowest BCUT2D eigenvalue weighted by atomic mass is 10.3. The van der Waals surface area contributed by atoms with Crippen LogP contribution in [0, 0.1) is 0 Å². The summed E-state index contributed by atoms with van der Waals surface area (Å²) < 4.78 is 25.2. The minimum atomic E-state index is -3.09. The molecule has 0 aliphatic heterocycles. The number of unbranched alkanes of at least 4 members (excludes halogenated alkanes) is 1. The van der Waals surface area contributed by atoms with Crippen molar-refractivity contribution in [2.24, 2.45) is 5.73 Å². The molecule has 0 aromatic carbocycles. The Kier molecular flexibility index (Phi) is 7.95. The van der Waals surface area contributed by atoms with Gasteiger partial charge in [-0.25, -0.2) is 13.1 Å². The summed E-state index contributed by atoms with van der Waals surface area (Å²) >= 11 is 0. The zero-order valence-corrected chi connectivity index (χ0v) is 10.5. The third-order valence-corrected chi connectivity index (χ3v) is 3.44. The van der Waals surface area contributed by atoms with Gasteiger partial charge in [0, 0.05) is 6.54 Å². The van der Waals surface area contributed by atoms with Crippen molar-refractivity contribution in [3.63, 3.8) is 0 Å². The Morgan fingerprint density at radius 1 is 1.20 bits per heavy atom. The highest BCUT2D eigenvalue weighted by atomic mass is 32.2. The van der Waals surface area contributed by atoms with Crippen molar-refractivity contribution in [3.05, 3.63) is 0 Å². The summed E-state index contributed by atoms with van der Waals surface area (Å²) in [5.41, 5.74) is 5.25. The van der Waals surface area contributed by atoms with E-state index in [1.54, 1.807) is 0 Å². The first kappa shape index (κ1) is 14.8. The third kappa shape index (κ3) is 10.1. The standard InChI is InChI=1S/C9H23N3O2S/c1-12(2)8-4-3-7-11-15(13,14)9-5-6-10/h11H,3-10H2,1-2H3. The summed E-state index contributed by atoms with van der Waals surface area (Å²) in [6.45, 7) is 1.94. The Morgan fingerprint density at radius 3 is 2.40 bits per heavy atom. The molecule has 0 saturated heterocycles. The molecule has 0 amide bonds. The minimum absolute atomic E-state index is 0.136. The summed E-state index contributed by atoms with van der Waals surface area (Å²) in [7, 11) is 0.923. The average molecular weight is 237 g/mol. The quantitative estimate of drug-likeness (QED) is 0.535. The van der Waals surface area contributed by atoms with Gasteiger partial charge in [-0.3, -0.25) is 0 Å². The maximum Gasteiger partial charge on any atom is 0.211 e. The molecule has 92 valence electrons. The van der Waals surface area contributed by atoms with E-state index in [-0.39, 0.29) is 5.75 Å². The Bertz CT molecular complexity index is 240. The van der Waals surface area contributed by atoms with Crippen LogP contribution in [0.4, 0.5) is 0 Å². The van der Waals surface area contributed by atoms with E-state index in [9.17, 15) is 8.42 Å². The first-order chi connectivity index (χ1) is 6.98. The highest BCUT2D eigenvalue weighted by molar-refractivity contribution is 7.89. The van der Waals surface area contributed by atoms with Gasteiger partial charge in [0.1, 0.15) is 0 Å². The Morgan fingerprint density at radius 2 is 1.87 bits per heavy atom. The summed E-state index contributed by atoms with van der Waals surface area (Å²) in [6.07, 6.45) is 2.40. The van der Waals surface area contributed by atoms with E-state index >= 15 is 0 Å². The normalized spacial score (nSPS) is 12.3. The molecule has 0 aliphatic carbocycles. The van der Waals surface area contributed by atoms with E-state index < -0.39 is 10.0 Å². The maximum absolute atomic E-state index is 11.3. The molecule has 0 aromatic rings. The van der Waals surface area contributed by atoms with E-state index in [0.717, 1.165) is 19.4 Å². The predicted octanol–water partition coefficient (Wildman–Crippen LogP) is -0.404. The van der Waals surface area contributed by atoms with Gasteiger partial charge in [-0.15, -0.1) is 0 Å². The van der Waals surface area contributed by atoms with Gasteiger partial charge in [-0.2, -0.15) is 0 Å². The van der Waals surface area contributed by atoms with Gasteiger partial charge in [0.2, 0.25) is 10.0 Å². The van der Waals surface area contributed by atoms with Gasteiger partial charge < -0.3 is 10.6 Å². The lowest BCUT2D eigenvalue weighted by Crippen LogP contribution is -2.28. The lowest BCUT2D eigenvalue weighted by molar-refractivity contribution is 0.394. The van der Waals surface area contributed by atoms with Gasteiger partial charge in [0.25, 0.3) is 0 Å². The molecule has 0 aromatic heterocycles. The molecule has 0 unspecified atom stereocenters. The van der Waals surface area contributed by atoms with Gasteiger partial charge >= 0.3 is 0 Å². The fourth-order valence-corrected chi connectivity index (χ4v) is 2.27. The highest BCUT2D eigenvalue weighted by Gasteiger charge is 2.07. The molecule has 6 heteroatoms. The van der Waals surface area contributed by atoms with Crippen LogP contribution in [-0.4, -0.2) is 52.8 Å². The molecule has 0 saturated carbocycles. The number of rotatable bonds is 9. The molecule has 0 atom stereocenters. The molecule has 0 heterocycles. The molecular formula is C9H23N3O2S. The highest BCUT2D eigenvalue weighted by Crippen LogP contribution is 1.92. The number of hydrogen-bond donors (Lipinski definition) is 2. The Labute approximate surface area is 93.1 Å². The molecule has 0 rings (SSSR count). The number of sulfonamides is 1. The predicted molar refractivity (Wildman–Crippen MR) is 63.2 cm³/mol. The largest absolute Gasteiger partial charge is 0.330 e. The zero-order valence-electron chi connectivity index (χ0n) is 9.70. The number of hydrogen-bond acceptors (Lipinski definition) is 4. The molecular weight excluding hydrogens is 214 g/mol. The van der Waals surface area contributed by atoms with Crippen LogP contribution < -0.4 is 10.5 Å². The fourth-order valence-electron chi connectivity index (χ4n) is 1.13. The van der Waals surface area contributed by atoms with Crippen molar-refractivity contribution in [2.45, 2.75) is 19.3 Å². The summed E-state index contributed by atoms with van der Waals surface area (Å²) in [5.74, 6) is 0.136. The van der Waals surface area contributed by atoms with E-state index in [0.29, 0.717) is 19.5 Å². The second kappa shape index (κ2) is 8.04. The lowest BCUT2D eigenvalue weighted by Gasteiger charge is -2.09. The molecule has 0 spiro atoms. The summed E-state index contributed by atoms with van der Waals surface area (Å²) in [6, 6.07) is 0. The zero-order chi connectivity index (χ0) is 11.7. The Hall–Kier alpha value is -0.170. The van der Waals surface area contributed by atoms with Crippen LogP contribution >= 0.6 is 0 Å². The maximum atomic E-state index is 11.3. The van der Waals surface area contributed by atoms with Crippen molar-refractivity contribution >= 4 is 10.0 Å². The minimum Gasteiger partial charge on any atom is -0.330 e. The number of nitrogens with zero attached hydrogens (tertiary/aromatic N) is 1. The number of nitrogens with two attached hydrogens (primary N) is 1.